The van der Waals surface area contributed by atoms with Crippen LogP contribution < -0.4 is 0 Å². The van der Waals surface area contributed by atoms with Gasteiger partial charge in [0.1, 0.15) is 0 Å². The number of nitrogens with zero attached hydrogens (tertiary/aromatic N) is 4. The van der Waals surface area contributed by atoms with E-state index in [4.69, 9.17) is 4.74 Å². The SMILES string of the molecule is CCOC(=O)c1nn(CCC(C)(C)C)c2c1CCc1cnc(I)nc1-2. The van der Waals surface area contributed by atoms with E-state index in [-0.39, 0.29) is 11.4 Å². The smallest absolute Gasteiger partial charge is 0.359 e. The zero-order valence-corrected chi connectivity index (χ0v) is 17.3. The minimum Gasteiger partial charge on any atom is -0.461 e. The maximum absolute atomic E-state index is 12.4. The molecular weight excluding hydrogens is 431 g/mol. The van der Waals surface area contributed by atoms with Crippen molar-refractivity contribution in [2.24, 2.45) is 5.41 Å². The highest BCUT2D eigenvalue weighted by Gasteiger charge is 2.30. The van der Waals surface area contributed by atoms with Gasteiger partial charge in [-0.1, -0.05) is 20.8 Å². The van der Waals surface area contributed by atoms with E-state index in [1.54, 1.807) is 0 Å². The summed E-state index contributed by atoms with van der Waals surface area (Å²) in [4.78, 5) is 21.3. The van der Waals surface area contributed by atoms with Crippen molar-refractivity contribution in [3.05, 3.63) is 26.8 Å². The summed E-state index contributed by atoms with van der Waals surface area (Å²) in [7, 11) is 0. The molecule has 2 aromatic heterocycles. The van der Waals surface area contributed by atoms with E-state index >= 15 is 0 Å². The molecule has 0 fully saturated rings. The van der Waals surface area contributed by atoms with E-state index in [0.717, 1.165) is 48.3 Å². The summed E-state index contributed by atoms with van der Waals surface area (Å²) in [6.07, 6.45) is 4.42. The Morgan fingerprint density at radius 1 is 1.36 bits per heavy atom. The van der Waals surface area contributed by atoms with E-state index in [2.05, 4.69) is 58.4 Å². The van der Waals surface area contributed by atoms with Crippen molar-refractivity contribution in [3.63, 3.8) is 0 Å². The van der Waals surface area contributed by atoms with Crippen molar-refractivity contribution in [1.82, 2.24) is 19.7 Å². The summed E-state index contributed by atoms with van der Waals surface area (Å²) in [6.45, 7) is 9.51. The number of rotatable bonds is 4. The van der Waals surface area contributed by atoms with Crippen LogP contribution in [0.5, 0.6) is 0 Å². The lowest BCUT2D eigenvalue weighted by molar-refractivity contribution is 0.0517. The monoisotopic (exact) mass is 454 g/mol. The summed E-state index contributed by atoms with van der Waals surface area (Å²) in [5.74, 6) is -0.347. The fourth-order valence-corrected chi connectivity index (χ4v) is 3.38. The van der Waals surface area contributed by atoms with Gasteiger partial charge in [0.25, 0.3) is 0 Å². The molecule has 1 aliphatic rings. The number of halogens is 1. The minimum absolute atomic E-state index is 0.181. The molecule has 0 atom stereocenters. The minimum atomic E-state index is -0.347. The third-order valence-electron chi connectivity index (χ3n) is 4.30. The number of ether oxygens (including phenoxy) is 1. The standard InChI is InChI=1S/C18H23IN4O2/c1-5-25-16(24)14-12-7-6-11-10-20-17(19)21-13(11)15(12)23(22-14)9-8-18(2,3)4/h10H,5-9H2,1-4H3. The zero-order valence-electron chi connectivity index (χ0n) is 15.1. The zero-order chi connectivity index (χ0) is 18.2. The molecule has 0 N–H and O–H groups in total. The largest absolute Gasteiger partial charge is 0.461 e. The highest BCUT2D eigenvalue weighted by atomic mass is 127. The molecular formula is C18H23IN4O2. The molecule has 25 heavy (non-hydrogen) atoms. The van der Waals surface area contributed by atoms with Gasteiger partial charge in [-0.3, -0.25) is 4.68 Å². The van der Waals surface area contributed by atoms with Crippen LogP contribution in [-0.2, 0) is 24.1 Å². The van der Waals surface area contributed by atoms with E-state index in [0.29, 0.717) is 16.1 Å². The second-order valence-electron chi connectivity index (χ2n) is 7.44. The lowest BCUT2D eigenvalue weighted by Crippen LogP contribution is -2.15. The highest BCUT2D eigenvalue weighted by Crippen LogP contribution is 2.35. The van der Waals surface area contributed by atoms with Crippen LogP contribution in [0.15, 0.2) is 6.20 Å². The Bertz CT molecular complexity index is 808. The Hall–Kier alpha value is -1.51. The normalized spacial score (nSPS) is 13.3. The van der Waals surface area contributed by atoms with E-state index < -0.39 is 0 Å². The van der Waals surface area contributed by atoms with Crippen LogP contribution in [0.25, 0.3) is 11.4 Å². The van der Waals surface area contributed by atoms with Crippen LogP contribution in [-0.4, -0.2) is 32.3 Å². The van der Waals surface area contributed by atoms with Crippen LogP contribution >= 0.6 is 22.6 Å². The molecule has 7 heteroatoms. The number of fused-ring (bicyclic) bond motifs is 3. The molecule has 0 aromatic carbocycles. The number of aromatic nitrogens is 4. The lowest BCUT2D eigenvalue weighted by atomic mass is 9.91. The van der Waals surface area contributed by atoms with Gasteiger partial charge in [-0.25, -0.2) is 14.8 Å². The molecule has 2 aromatic rings. The molecule has 2 heterocycles. The first-order valence-corrected chi connectivity index (χ1v) is 9.66. The van der Waals surface area contributed by atoms with Gasteiger partial charge in [0.15, 0.2) is 9.53 Å². The number of carbonyl (C=O) groups excluding carboxylic acids is 1. The number of hydrogen-bond acceptors (Lipinski definition) is 5. The Kier molecular flexibility index (Phi) is 5.13. The van der Waals surface area contributed by atoms with E-state index in [9.17, 15) is 4.79 Å². The van der Waals surface area contributed by atoms with Gasteiger partial charge in [0, 0.05) is 40.9 Å². The molecule has 0 bridgehead atoms. The van der Waals surface area contributed by atoms with Gasteiger partial charge >= 0.3 is 5.97 Å². The maximum atomic E-state index is 12.4. The summed E-state index contributed by atoms with van der Waals surface area (Å²) in [6, 6.07) is 0. The second kappa shape index (κ2) is 7.01. The van der Waals surface area contributed by atoms with Crippen LogP contribution in [0.1, 0.15) is 55.7 Å². The number of carbonyl (C=O) groups is 1. The molecule has 0 saturated carbocycles. The average Bonchev–Trinajstić information content (AvgIpc) is 2.92. The van der Waals surface area contributed by atoms with Gasteiger partial charge in [0.05, 0.1) is 18.0 Å². The van der Waals surface area contributed by atoms with E-state index in [1.165, 1.54) is 0 Å². The molecule has 0 spiro atoms. The lowest BCUT2D eigenvalue weighted by Gasteiger charge is -2.21. The number of esters is 1. The van der Waals surface area contributed by atoms with Crippen molar-refractivity contribution in [1.29, 1.82) is 0 Å². The summed E-state index contributed by atoms with van der Waals surface area (Å²) in [5, 5.41) is 4.62. The topological polar surface area (TPSA) is 69.9 Å². The Balaban J connectivity index is 2.11. The van der Waals surface area contributed by atoms with Gasteiger partial charge in [-0.2, -0.15) is 5.10 Å². The maximum Gasteiger partial charge on any atom is 0.359 e. The fourth-order valence-electron chi connectivity index (χ4n) is 3.00. The molecule has 134 valence electrons. The predicted molar refractivity (Wildman–Crippen MR) is 103 cm³/mol. The van der Waals surface area contributed by atoms with Crippen LogP contribution in [0, 0.1) is 9.25 Å². The summed E-state index contributed by atoms with van der Waals surface area (Å²) in [5.41, 5.74) is 4.53. The number of hydrogen-bond donors (Lipinski definition) is 0. The third kappa shape index (κ3) is 3.86. The van der Waals surface area contributed by atoms with Crippen LogP contribution in [0.4, 0.5) is 0 Å². The molecule has 0 unspecified atom stereocenters. The van der Waals surface area contributed by atoms with Gasteiger partial charge < -0.3 is 4.74 Å². The fraction of sp³-hybridized carbons (Fsp3) is 0.556. The third-order valence-corrected chi connectivity index (χ3v) is 4.82. The molecule has 0 aliphatic heterocycles. The molecule has 1 aliphatic carbocycles. The molecule has 0 saturated heterocycles. The van der Waals surface area contributed by atoms with Gasteiger partial charge in [0.2, 0.25) is 0 Å². The van der Waals surface area contributed by atoms with Crippen molar-refractivity contribution in [3.8, 4) is 11.4 Å². The molecule has 0 radical (unpaired) electrons. The van der Waals surface area contributed by atoms with Crippen molar-refractivity contribution in [2.45, 2.75) is 53.5 Å². The predicted octanol–water partition coefficient (Wildman–Crippen LogP) is 3.66. The van der Waals surface area contributed by atoms with Crippen LogP contribution in [0.3, 0.4) is 0 Å². The van der Waals surface area contributed by atoms with Gasteiger partial charge in [-0.05, 0) is 37.2 Å². The summed E-state index contributed by atoms with van der Waals surface area (Å²) < 4.78 is 7.85. The van der Waals surface area contributed by atoms with Crippen molar-refractivity contribution in [2.75, 3.05) is 6.61 Å². The second-order valence-corrected chi connectivity index (χ2v) is 8.41. The average molecular weight is 454 g/mol. The van der Waals surface area contributed by atoms with Crippen molar-refractivity contribution < 1.29 is 9.53 Å². The molecule has 0 amide bonds. The first-order chi connectivity index (χ1) is 11.8. The Labute approximate surface area is 161 Å². The Morgan fingerprint density at radius 3 is 2.80 bits per heavy atom. The van der Waals surface area contributed by atoms with Gasteiger partial charge in [-0.15, -0.1) is 0 Å². The van der Waals surface area contributed by atoms with Crippen LogP contribution in [0.2, 0.25) is 0 Å². The summed E-state index contributed by atoms with van der Waals surface area (Å²) >= 11 is 2.12. The quantitative estimate of drug-likeness (QED) is 0.401. The number of aryl methyl sites for hydroxylation is 2. The first-order valence-electron chi connectivity index (χ1n) is 8.58. The first kappa shape index (κ1) is 18.3. The highest BCUT2D eigenvalue weighted by molar-refractivity contribution is 14.1. The Morgan fingerprint density at radius 2 is 2.12 bits per heavy atom. The molecule has 3 rings (SSSR count). The van der Waals surface area contributed by atoms with E-state index in [1.807, 2.05) is 17.8 Å². The van der Waals surface area contributed by atoms with Crippen molar-refractivity contribution >= 4 is 28.6 Å². The molecule has 6 nitrogen and oxygen atoms in total.